The summed E-state index contributed by atoms with van der Waals surface area (Å²) in [7, 11) is -0.158. The van der Waals surface area contributed by atoms with Gasteiger partial charge in [-0.3, -0.25) is 0 Å². The van der Waals surface area contributed by atoms with Crippen molar-refractivity contribution in [3.8, 4) is 0 Å². The van der Waals surface area contributed by atoms with Gasteiger partial charge in [-0.25, -0.2) is 0 Å². The van der Waals surface area contributed by atoms with E-state index >= 15 is 0 Å². The summed E-state index contributed by atoms with van der Waals surface area (Å²) in [5.74, 6) is 0. The minimum Gasteiger partial charge on any atom is -0.423 e. The van der Waals surface area contributed by atoms with Crippen molar-refractivity contribution in [2.24, 2.45) is 5.41 Å². The van der Waals surface area contributed by atoms with Gasteiger partial charge in [-0.15, -0.1) is 0 Å². The van der Waals surface area contributed by atoms with Crippen LogP contribution in [0.25, 0.3) is 0 Å². The molecule has 0 aromatic heterocycles. The molecule has 0 rings (SSSR count). The predicted molar refractivity (Wildman–Crippen MR) is 44.4 cm³/mol. The van der Waals surface area contributed by atoms with E-state index in [0.717, 1.165) is 6.61 Å². The monoisotopic (exact) mass is 146 g/mol. The van der Waals surface area contributed by atoms with Crippen molar-refractivity contribution in [3.63, 3.8) is 0 Å². The highest BCUT2D eigenvalue weighted by Gasteiger charge is 2.08. The van der Waals surface area contributed by atoms with Crippen LogP contribution in [-0.2, 0) is 4.43 Å². The number of rotatable bonds is 3. The van der Waals surface area contributed by atoms with Gasteiger partial charge in [-0.2, -0.15) is 0 Å². The van der Waals surface area contributed by atoms with Crippen LogP contribution < -0.4 is 0 Å². The van der Waals surface area contributed by atoms with E-state index in [9.17, 15) is 0 Å². The molecule has 0 bridgehead atoms. The number of hydrogen-bond acceptors (Lipinski definition) is 1. The zero-order chi connectivity index (χ0) is 7.33. The molecule has 0 aliphatic heterocycles. The Morgan fingerprint density at radius 1 is 1.33 bits per heavy atom. The van der Waals surface area contributed by atoms with Crippen LogP contribution in [0.1, 0.15) is 27.7 Å². The second kappa shape index (κ2) is 4.07. The summed E-state index contributed by atoms with van der Waals surface area (Å²) in [5, 5.41) is 0. The SMILES string of the molecule is CC[SiH2]OCC(C)(C)C. The van der Waals surface area contributed by atoms with Gasteiger partial charge in [0.1, 0.15) is 0 Å². The van der Waals surface area contributed by atoms with Crippen molar-refractivity contribution in [1.82, 2.24) is 0 Å². The van der Waals surface area contributed by atoms with E-state index in [2.05, 4.69) is 27.7 Å². The van der Waals surface area contributed by atoms with Gasteiger partial charge >= 0.3 is 0 Å². The molecule has 0 spiro atoms. The Morgan fingerprint density at radius 2 is 1.89 bits per heavy atom. The normalized spacial score (nSPS) is 13.3. The summed E-state index contributed by atoms with van der Waals surface area (Å²) >= 11 is 0. The molecule has 56 valence electrons. The average molecular weight is 146 g/mol. The van der Waals surface area contributed by atoms with Gasteiger partial charge < -0.3 is 4.43 Å². The molecule has 0 aliphatic carbocycles. The Morgan fingerprint density at radius 3 is 2.22 bits per heavy atom. The highest BCUT2D eigenvalue weighted by Crippen LogP contribution is 2.12. The molecule has 0 amide bonds. The van der Waals surface area contributed by atoms with Gasteiger partial charge in [-0.05, 0) is 11.5 Å². The van der Waals surface area contributed by atoms with Crippen molar-refractivity contribution < 1.29 is 4.43 Å². The fourth-order valence-electron chi connectivity index (χ4n) is 0.523. The molecule has 1 nitrogen and oxygen atoms in total. The topological polar surface area (TPSA) is 9.23 Å². The maximum atomic E-state index is 5.49. The number of hydrogen-bond donors (Lipinski definition) is 0. The van der Waals surface area contributed by atoms with Crippen LogP contribution in [0.2, 0.25) is 6.04 Å². The molecular weight excluding hydrogens is 128 g/mol. The van der Waals surface area contributed by atoms with Crippen molar-refractivity contribution >= 4 is 9.76 Å². The van der Waals surface area contributed by atoms with Gasteiger partial charge in [0.2, 0.25) is 0 Å². The fraction of sp³-hybridized carbons (Fsp3) is 1.00. The van der Waals surface area contributed by atoms with Crippen LogP contribution in [0.4, 0.5) is 0 Å². The maximum Gasteiger partial charge on any atom is 0.161 e. The summed E-state index contributed by atoms with van der Waals surface area (Å²) in [6.45, 7) is 9.74. The van der Waals surface area contributed by atoms with Crippen molar-refractivity contribution in [2.45, 2.75) is 33.7 Å². The third-order valence-electron chi connectivity index (χ3n) is 0.884. The maximum absolute atomic E-state index is 5.49. The smallest absolute Gasteiger partial charge is 0.161 e. The van der Waals surface area contributed by atoms with E-state index in [4.69, 9.17) is 4.43 Å². The second-order valence-electron chi connectivity index (χ2n) is 3.61. The van der Waals surface area contributed by atoms with Crippen LogP contribution in [-0.4, -0.2) is 16.4 Å². The Hall–Kier alpha value is 0.177. The van der Waals surface area contributed by atoms with Crippen LogP contribution in [0.5, 0.6) is 0 Å². The third kappa shape index (κ3) is 8.18. The second-order valence-corrected chi connectivity index (χ2v) is 5.43. The molecule has 0 saturated carbocycles. The Bertz CT molecular complexity index is 65.8. The summed E-state index contributed by atoms with van der Waals surface area (Å²) in [6.07, 6.45) is 0. The zero-order valence-electron chi connectivity index (χ0n) is 7.03. The fourth-order valence-corrected chi connectivity index (χ4v) is 1.57. The van der Waals surface area contributed by atoms with E-state index < -0.39 is 0 Å². The van der Waals surface area contributed by atoms with E-state index in [1.54, 1.807) is 0 Å². The molecule has 0 N–H and O–H groups in total. The first kappa shape index (κ1) is 9.18. The highest BCUT2D eigenvalue weighted by atomic mass is 28.2. The lowest BCUT2D eigenvalue weighted by Crippen LogP contribution is -2.15. The van der Waals surface area contributed by atoms with Crippen LogP contribution in [0.3, 0.4) is 0 Å². The Labute approximate surface area is 60.7 Å². The lowest BCUT2D eigenvalue weighted by atomic mass is 9.99. The van der Waals surface area contributed by atoms with Gasteiger partial charge in [0.25, 0.3) is 0 Å². The first-order valence-corrected chi connectivity index (χ1v) is 5.22. The van der Waals surface area contributed by atoms with Crippen molar-refractivity contribution in [3.05, 3.63) is 0 Å². The molecule has 0 heterocycles. The Balaban J connectivity index is 3.07. The molecule has 0 aromatic carbocycles. The van der Waals surface area contributed by atoms with Gasteiger partial charge in [-0.1, -0.05) is 27.7 Å². The lowest BCUT2D eigenvalue weighted by molar-refractivity contribution is 0.206. The van der Waals surface area contributed by atoms with E-state index in [-0.39, 0.29) is 9.76 Å². The minimum absolute atomic E-state index is 0.158. The van der Waals surface area contributed by atoms with Gasteiger partial charge in [0, 0.05) is 6.61 Å². The quantitative estimate of drug-likeness (QED) is 0.434. The zero-order valence-corrected chi connectivity index (χ0v) is 8.44. The first-order chi connectivity index (χ1) is 4.06. The summed E-state index contributed by atoms with van der Waals surface area (Å²) < 4.78 is 5.49. The van der Waals surface area contributed by atoms with Gasteiger partial charge in [0.05, 0.1) is 0 Å². The van der Waals surface area contributed by atoms with Crippen molar-refractivity contribution in [1.29, 1.82) is 0 Å². The van der Waals surface area contributed by atoms with Crippen LogP contribution in [0, 0.1) is 5.41 Å². The first-order valence-electron chi connectivity index (χ1n) is 3.64. The lowest BCUT2D eigenvalue weighted by Gasteiger charge is -2.17. The average Bonchev–Trinajstić information content (AvgIpc) is 1.63. The molecule has 9 heavy (non-hydrogen) atoms. The minimum atomic E-state index is -0.158. The summed E-state index contributed by atoms with van der Waals surface area (Å²) in [4.78, 5) is 0. The Kier molecular flexibility index (Phi) is 4.15. The predicted octanol–water partition coefficient (Wildman–Crippen LogP) is 1.57. The molecule has 0 aromatic rings. The largest absolute Gasteiger partial charge is 0.423 e. The van der Waals surface area contributed by atoms with Gasteiger partial charge in [0.15, 0.2) is 9.76 Å². The van der Waals surface area contributed by atoms with E-state index in [1.165, 1.54) is 6.04 Å². The molecule has 2 heteroatoms. The summed E-state index contributed by atoms with van der Waals surface area (Å²) in [5.41, 5.74) is 0.363. The molecule has 0 saturated heterocycles. The molecule has 0 radical (unpaired) electrons. The molecule has 0 fully saturated rings. The molecular formula is C7H18OSi. The molecule has 0 unspecified atom stereocenters. The standard InChI is InChI=1S/C7H18OSi/c1-5-9-8-6-7(2,3)4/h5-6,9H2,1-4H3. The third-order valence-corrected chi connectivity index (χ3v) is 1.78. The molecule has 0 aliphatic rings. The van der Waals surface area contributed by atoms with Crippen LogP contribution in [0.15, 0.2) is 0 Å². The van der Waals surface area contributed by atoms with E-state index in [0.29, 0.717) is 5.41 Å². The summed E-state index contributed by atoms with van der Waals surface area (Å²) in [6, 6.07) is 1.26. The van der Waals surface area contributed by atoms with Crippen LogP contribution >= 0.6 is 0 Å². The van der Waals surface area contributed by atoms with E-state index in [1.807, 2.05) is 0 Å². The highest BCUT2D eigenvalue weighted by molar-refractivity contribution is 6.26. The van der Waals surface area contributed by atoms with Crippen molar-refractivity contribution in [2.75, 3.05) is 6.61 Å². The molecule has 0 atom stereocenters.